The highest BCUT2D eigenvalue weighted by molar-refractivity contribution is 8.00. The van der Waals surface area contributed by atoms with Crippen molar-refractivity contribution in [1.82, 2.24) is 9.97 Å². The summed E-state index contributed by atoms with van der Waals surface area (Å²) in [4.78, 5) is 23.2. The molecule has 1 atom stereocenters. The maximum atomic E-state index is 12.5. The number of rotatable bonds is 5. The topological polar surface area (TPSA) is 115 Å². The number of nitrogens with one attached hydrogen (secondary N) is 1. The lowest BCUT2D eigenvalue weighted by molar-refractivity contribution is -0.115. The Morgan fingerprint density at radius 2 is 1.89 bits per heavy atom. The number of hydrogen-bond donors (Lipinski definition) is 2. The van der Waals surface area contributed by atoms with Crippen LogP contribution in [0.15, 0.2) is 40.5 Å². The Balaban J connectivity index is 1.75. The van der Waals surface area contributed by atoms with Crippen LogP contribution in [0.1, 0.15) is 17.4 Å². The number of sulfonamides is 1. The number of benzene rings is 1. The van der Waals surface area contributed by atoms with E-state index in [2.05, 4.69) is 15.3 Å². The van der Waals surface area contributed by atoms with Crippen molar-refractivity contribution in [3.05, 3.63) is 41.0 Å². The van der Waals surface area contributed by atoms with E-state index in [0.29, 0.717) is 5.69 Å². The zero-order valence-corrected chi connectivity index (χ0v) is 17.3. The second-order valence-electron chi connectivity index (χ2n) is 5.96. The Bertz CT molecular complexity index is 1110. The molecular weight excluding hydrogens is 404 g/mol. The highest BCUT2D eigenvalue weighted by Crippen LogP contribution is 2.36. The van der Waals surface area contributed by atoms with Gasteiger partial charge in [0.1, 0.15) is 16.2 Å². The minimum Gasteiger partial charge on any atom is -0.325 e. The van der Waals surface area contributed by atoms with Gasteiger partial charge in [0.2, 0.25) is 15.9 Å². The lowest BCUT2D eigenvalue weighted by Gasteiger charge is -2.12. The molecule has 3 N–H and O–H groups in total. The van der Waals surface area contributed by atoms with Gasteiger partial charge in [-0.3, -0.25) is 4.79 Å². The van der Waals surface area contributed by atoms with E-state index in [1.165, 1.54) is 47.2 Å². The molecule has 0 aliphatic rings. The number of hydrogen-bond acceptors (Lipinski definition) is 7. The molecule has 142 valence electrons. The maximum absolute atomic E-state index is 12.5. The molecule has 0 saturated heterocycles. The molecular formula is C17H18N4O3S3. The minimum atomic E-state index is -3.76. The zero-order chi connectivity index (χ0) is 19.8. The van der Waals surface area contributed by atoms with Crippen molar-refractivity contribution >= 4 is 54.9 Å². The normalized spacial score (nSPS) is 12.9. The van der Waals surface area contributed by atoms with Crippen molar-refractivity contribution in [1.29, 1.82) is 0 Å². The molecule has 1 aromatic carbocycles. The molecule has 0 aliphatic carbocycles. The Morgan fingerprint density at radius 1 is 1.22 bits per heavy atom. The number of thioether (sulfide) groups is 1. The molecule has 27 heavy (non-hydrogen) atoms. The van der Waals surface area contributed by atoms with Gasteiger partial charge in [0.05, 0.1) is 10.1 Å². The van der Waals surface area contributed by atoms with Gasteiger partial charge in [-0.1, -0.05) is 11.8 Å². The van der Waals surface area contributed by atoms with Crippen LogP contribution >= 0.6 is 23.1 Å². The molecule has 0 saturated carbocycles. The fourth-order valence-corrected chi connectivity index (χ4v) is 4.99. The molecule has 1 amide bonds. The second kappa shape index (κ2) is 7.55. The minimum absolute atomic E-state index is 0.00500. The number of nitrogens with two attached hydrogens (primary N) is 1. The number of carbonyl (C=O) groups is 1. The number of aryl methyl sites for hydroxylation is 2. The maximum Gasteiger partial charge on any atom is 0.238 e. The van der Waals surface area contributed by atoms with Crippen molar-refractivity contribution in [3.63, 3.8) is 0 Å². The van der Waals surface area contributed by atoms with Gasteiger partial charge < -0.3 is 5.32 Å². The summed E-state index contributed by atoms with van der Waals surface area (Å²) in [5.41, 5.74) is 1.62. The Hall–Kier alpha value is -2.01. The van der Waals surface area contributed by atoms with E-state index in [4.69, 9.17) is 5.14 Å². The molecule has 0 unspecified atom stereocenters. The summed E-state index contributed by atoms with van der Waals surface area (Å²) < 4.78 is 22.6. The fraction of sp³-hybridized carbons (Fsp3) is 0.235. The van der Waals surface area contributed by atoms with Gasteiger partial charge in [0.15, 0.2) is 0 Å². The largest absolute Gasteiger partial charge is 0.325 e. The number of carbonyl (C=O) groups excluding carboxylic acids is 1. The summed E-state index contributed by atoms with van der Waals surface area (Å²) in [5.74, 6) is -0.209. The molecule has 2 heterocycles. The highest BCUT2D eigenvalue weighted by Gasteiger charge is 2.19. The van der Waals surface area contributed by atoms with E-state index in [1.54, 1.807) is 18.3 Å². The Morgan fingerprint density at radius 3 is 2.52 bits per heavy atom. The van der Waals surface area contributed by atoms with Crippen molar-refractivity contribution in [2.45, 2.75) is 35.9 Å². The lowest BCUT2D eigenvalue weighted by Crippen LogP contribution is -2.22. The molecule has 7 nitrogen and oxygen atoms in total. The second-order valence-corrected chi connectivity index (χ2v) is 10.1. The Kier molecular flexibility index (Phi) is 5.52. The monoisotopic (exact) mass is 422 g/mol. The Labute approximate surface area is 165 Å². The summed E-state index contributed by atoms with van der Waals surface area (Å²) in [6.07, 6.45) is 1.51. The van der Waals surface area contributed by atoms with Gasteiger partial charge in [-0.15, -0.1) is 11.3 Å². The first-order chi connectivity index (χ1) is 12.7. The predicted molar refractivity (Wildman–Crippen MR) is 109 cm³/mol. The average molecular weight is 423 g/mol. The number of fused-ring (bicyclic) bond motifs is 1. The quantitative estimate of drug-likeness (QED) is 0.482. The molecule has 2 aromatic heterocycles. The third-order valence-electron chi connectivity index (χ3n) is 4.04. The molecule has 10 heteroatoms. The van der Waals surface area contributed by atoms with E-state index in [9.17, 15) is 13.2 Å². The van der Waals surface area contributed by atoms with E-state index < -0.39 is 15.3 Å². The van der Waals surface area contributed by atoms with E-state index in [0.717, 1.165) is 20.8 Å². The van der Waals surface area contributed by atoms with Crippen LogP contribution in [0.25, 0.3) is 10.2 Å². The highest BCUT2D eigenvalue weighted by atomic mass is 32.2. The van der Waals surface area contributed by atoms with Gasteiger partial charge in [-0.25, -0.2) is 23.5 Å². The fourth-order valence-electron chi connectivity index (χ4n) is 2.43. The summed E-state index contributed by atoms with van der Waals surface area (Å²) >= 11 is 2.97. The van der Waals surface area contributed by atoms with E-state index in [1.807, 2.05) is 13.8 Å². The molecule has 3 rings (SSSR count). The zero-order valence-electron chi connectivity index (χ0n) is 14.9. The standard InChI is InChI=1S/C17H18N4O3S3/c1-9-10(2)25-16-14(9)17(20-8-19-16)26-11(3)15(22)21-12-4-6-13(7-5-12)27(18,23)24/h4-8,11H,1-3H3,(H,21,22)(H2,18,23,24)/t11-/m0/s1. The van der Waals surface area contributed by atoms with Crippen LogP contribution in [-0.4, -0.2) is 29.5 Å². The SMILES string of the molecule is Cc1sc2ncnc(S[C@@H](C)C(=O)Nc3ccc(S(N)(=O)=O)cc3)c2c1C. The molecule has 0 aliphatic heterocycles. The van der Waals surface area contributed by atoms with Gasteiger partial charge >= 0.3 is 0 Å². The smallest absolute Gasteiger partial charge is 0.238 e. The van der Waals surface area contributed by atoms with Crippen LogP contribution < -0.4 is 10.5 Å². The van der Waals surface area contributed by atoms with E-state index in [-0.39, 0.29) is 10.8 Å². The van der Waals surface area contributed by atoms with Crippen LogP contribution in [0.4, 0.5) is 5.69 Å². The van der Waals surface area contributed by atoms with Crippen LogP contribution in [0.3, 0.4) is 0 Å². The summed E-state index contributed by atoms with van der Waals surface area (Å²) in [7, 11) is -3.76. The molecule has 0 bridgehead atoms. The number of nitrogens with zero attached hydrogens (tertiary/aromatic N) is 2. The number of amides is 1. The van der Waals surface area contributed by atoms with Crippen LogP contribution in [0.5, 0.6) is 0 Å². The number of primary sulfonamides is 1. The average Bonchev–Trinajstić information content (AvgIpc) is 2.90. The van der Waals surface area contributed by atoms with Gasteiger partial charge in [0.25, 0.3) is 0 Å². The van der Waals surface area contributed by atoms with Crippen LogP contribution in [0, 0.1) is 13.8 Å². The number of thiophene rings is 1. The number of aromatic nitrogens is 2. The van der Waals surface area contributed by atoms with Crippen molar-refractivity contribution in [3.8, 4) is 0 Å². The van der Waals surface area contributed by atoms with Gasteiger partial charge in [0, 0.05) is 16.0 Å². The molecule has 0 radical (unpaired) electrons. The molecule has 0 fully saturated rings. The van der Waals surface area contributed by atoms with Gasteiger partial charge in [-0.2, -0.15) is 0 Å². The summed E-state index contributed by atoms with van der Waals surface area (Å²) in [6, 6.07) is 5.72. The lowest BCUT2D eigenvalue weighted by atomic mass is 10.2. The van der Waals surface area contributed by atoms with Crippen molar-refractivity contribution in [2.75, 3.05) is 5.32 Å². The summed E-state index contributed by atoms with van der Waals surface area (Å²) in [5, 5.41) is 9.20. The van der Waals surface area contributed by atoms with Crippen molar-refractivity contribution in [2.24, 2.45) is 5.14 Å². The molecule has 3 aromatic rings. The first kappa shape index (κ1) is 19.7. The van der Waals surface area contributed by atoms with Crippen LogP contribution in [-0.2, 0) is 14.8 Å². The predicted octanol–water partition coefficient (Wildman–Crippen LogP) is 3.07. The molecule has 0 spiro atoms. The first-order valence-corrected chi connectivity index (χ1v) is 11.2. The van der Waals surface area contributed by atoms with Crippen molar-refractivity contribution < 1.29 is 13.2 Å². The number of anilines is 1. The summed E-state index contributed by atoms with van der Waals surface area (Å²) in [6.45, 7) is 5.86. The van der Waals surface area contributed by atoms with Gasteiger partial charge in [-0.05, 0) is 50.6 Å². The van der Waals surface area contributed by atoms with Crippen LogP contribution in [0.2, 0.25) is 0 Å². The third kappa shape index (κ3) is 4.29. The third-order valence-corrected chi connectivity index (χ3v) is 7.18. The van der Waals surface area contributed by atoms with E-state index >= 15 is 0 Å². The first-order valence-electron chi connectivity index (χ1n) is 7.98.